The summed E-state index contributed by atoms with van der Waals surface area (Å²) < 4.78 is 0.998. The Bertz CT molecular complexity index is 388. The van der Waals surface area contributed by atoms with Crippen molar-refractivity contribution in [2.45, 2.75) is 19.9 Å². The van der Waals surface area contributed by atoms with Gasteiger partial charge in [0.15, 0.2) is 0 Å². The molecule has 1 aromatic rings. The molecule has 0 atom stereocenters. The maximum atomic E-state index is 11.2. The van der Waals surface area contributed by atoms with Crippen molar-refractivity contribution >= 4 is 28.0 Å². The second kappa shape index (κ2) is 6.33. The molecule has 0 aliphatic rings. The van der Waals surface area contributed by atoms with Crippen molar-refractivity contribution in [2.24, 2.45) is 0 Å². The third kappa shape index (κ3) is 4.49. The van der Waals surface area contributed by atoms with E-state index in [9.17, 15) is 4.79 Å². The van der Waals surface area contributed by atoms with E-state index >= 15 is 0 Å². The molecule has 0 unspecified atom stereocenters. The third-order valence-electron chi connectivity index (χ3n) is 1.80. The highest BCUT2D eigenvalue weighted by Gasteiger charge is 1.98. The second-order valence-corrected chi connectivity index (χ2v) is 4.48. The zero-order valence-corrected chi connectivity index (χ0v) is 10.9. The first-order chi connectivity index (χ1) is 7.59. The van der Waals surface area contributed by atoms with Crippen LogP contribution in [0.3, 0.4) is 0 Å². The number of rotatable bonds is 3. The van der Waals surface area contributed by atoms with Crippen LogP contribution in [0.25, 0.3) is 6.08 Å². The fraction of sp³-hybridized carbons (Fsp3) is 0.250. The monoisotopic (exact) mass is 282 g/mol. The molecule has 16 heavy (non-hydrogen) atoms. The summed E-state index contributed by atoms with van der Waals surface area (Å²) >= 11 is 3.42. The molecule has 2 N–H and O–H groups in total. The first-order valence-corrected chi connectivity index (χ1v) is 5.87. The summed E-state index contributed by atoms with van der Waals surface area (Å²) in [5.41, 5.74) is 1.02. The minimum Gasteiger partial charge on any atom is -0.336 e. The van der Waals surface area contributed by atoms with Crippen molar-refractivity contribution in [2.75, 3.05) is 0 Å². The highest BCUT2D eigenvalue weighted by atomic mass is 79.9. The van der Waals surface area contributed by atoms with Gasteiger partial charge < -0.3 is 10.6 Å². The molecule has 0 saturated heterocycles. The highest BCUT2D eigenvalue weighted by molar-refractivity contribution is 9.10. The van der Waals surface area contributed by atoms with Gasteiger partial charge in [0.05, 0.1) is 0 Å². The first kappa shape index (κ1) is 12.8. The molecule has 0 aliphatic heterocycles. The van der Waals surface area contributed by atoms with Crippen molar-refractivity contribution in [3.8, 4) is 0 Å². The topological polar surface area (TPSA) is 41.1 Å². The van der Waals surface area contributed by atoms with Crippen molar-refractivity contribution in [1.82, 2.24) is 10.6 Å². The van der Waals surface area contributed by atoms with Crippen molar-refractivity contribution in [3.05, 3.63) is 40.5 Å². The van der Waals surface area contributed by atoms with Crippen LogP contribution in [-0.4, -0.2) is 12.1 Å². The number of benzene rings is 1. The molecule has 0 radical (unpaired) electrons. The standard InChI is InChI=1S/C12H15BrN2O/c1-9(2)15-12(16)14-8-7-10-5-3-4-6-11(10)13/h3-9H,1-2H3,(H2,14,15,16)/b8-7+. The van der Waals surface area contributed by atoms with Gasteiger partial charge in [0.1, 0.15) is 0 Å². The van der Waals surface area contributed by atoms with E-state index in [1.807, 2.05) is 44.2 Å². The Hall–Kier alpha value is -1.29. The lowest BCUT2D eigenvalue weighted by Crippen LogP contribution is -2.36. The molecule has 0 fully saturated rings. The van der Waals surface area contributed by atoms with E-state index in [4.69, 9.17) is 0 Å². The normalized spacial score (nSPS) is 10.8. The van der Waals surface area contributed by atoms with Crippen LogP contribution < -0.4 is 10.6 Å². The number of nitrogens with one attached hydrogen (secondary N) is 2. The van der Waals surface area contributed by atoms with E-state index in [0.717, 1.165) is 10.0 Å². The van der Waals surface area contributed by atoms with E-state index in [-0.39, 0.29) is 12.1 Å². The average molecular weight is 283 g/mol. The minimum atomic E-state index is -0.196. The predicted molar refractivity (Wildman–Crippen MR) is 70.0 cm³/mol. The number of hydrogen-bond donors (Lipinski definition) is 2. The van der Waals surface area contributed by atoms with Crippen LogP contribution >= 0.6 is 15.9 Å². The van der Waals surface area contributed by atoms with Gasteiger partial charge in [-0.2, -0.15) is 0 Å². The van der Waals surface area contributed by atoms with Crippen LogP contribution in [0.5, 0.6) is 0 Å². The van der Waals surface area contributed by atoms with E-state index < -0.39 is 0 Å². The molecule has 0 heterocycles. The van der Waals surface area contributed by atoms with Gasteiger partial charge in [0.25, 0.3) is 0 Å². The van der Waals surface area contributed by atoms with Crippen LogP contribution in [0, 0.1) is 0 Å². The largest absolute Gasteiger partial charge is 0.336 e. The van der Waals surface area contributed by atoms with E-state index in [2.05, 4.69) is 26.6 Å². The van der Waals surface area contributed by atoms with Gasteiger partial charge >= 0.3 is 6.03 Å². The van der Waals surface area contributed by atoms with Crippen molar-refractivity contribution in [1.29, 1.82) is 0 Å². The Morgan fingerprint density at radius 3 is 2.69 bits per heavy atom. The summed E-state index contributed by atoms with van der Waals surface area (Å²) in [7, 11) is 0. The fourth-order valence-corrected chi connectivity index (χ4v) is 1.54. The SMILES string of the molecule is CC(C)NC(=O)N/C=C/c1ccccc1Br. The molecule has 86 valence electrons. The fourth-order valence-electron chi connectivity index (χ4n) is 1.12. The summed E-state index contributed by atoms with van der Waals surface area (Å²) in [4.78, 5) is 11.2. The number of urea groups is 1. The molecule has 0 aromatic heterocycles. The lowest BCUT2D eigenvalue weighted by Gasteiger charge is -2.06. The molecular weight excluding hydrogens is 268 g/mol. The lowest BCUT2D eigenvalue weighted by atomic mass is 10.2. The Morgan fingerprint density at radius 2 is 2.06 bits per heavy atom. The Kier molecular flexibility index (Phi) is 5.05. The molecule has 2 amide bonds. The summed E-state index contributed by atoms with van der Waals surface area (Å²) in [6.07, 6.45) is 3.46. The molecule has 1 rings (SSSR count). The van der Waals surface area contributed by atoms with E-state index in [1.165, 1.54) is 0 Å². The Balaban J connectivity index is 2.49. The van der Waals surface area contributed by atoms with Gasteiger partial charge in [0, 0.05) is 16.7 Å². The van der Waals surface area contributed by atoms with Crippen LogP contribution in [0.1, 0.15) is 19.4 Å². The molecule has 4 heteroatoms. The minimum absolute atomic E-state index is 0.136. The molecule has 0 saturated carbocycles. The van der Waals surface area contributed by atoms with Crippen LogP contribution in [0.2, 0.25) is 0 Å². The van der Waals surface area contributed by atoms with Crippen molar-refractivity contribution in [3.63, 3.8) is 0 Å². The number of carbonyl (C=O) groups excluding carboxylic acids is 1. The second-order valence-electron chi connectivity index (χ2n) is 3.63. The number of halogens is 1. The van der Waals surface area contributed by atoms with Gasteiger partial charge in [-0.25, -0.2) is 4.79 Å². The number of carbonyl (C=O) groups is 1. The van der Waals surface area contributed by atoms with Crippen LogP contribution in [0.4, 0.5) is 4.79 Å². The summed E-state index contributed by atoms with van der Waals surface area (Å²) in [5, 5.41) is 5.37. The van der Waals surface area contributed by atoms with Gasteiger partial charge in [-0.05, 0) is 31.6 Å². The molecular formula is C12H15BrN2O. The van der Waals surface area contributed by atoms with Gasteiger partial charge in [-0.1, -0.05) is 34.1 Å². The summed E-state index contributed by atoms with van der Waals surface area (Å²) in [6, 6.07) is 7.74. The molecule has 3 nitrogen and oxygen atoms in total. The summed E-state index contributed by atoms with van der Waals surface area (Å²) in [5.74, 6) is 0. The lowest BCUT2D eigenvalue weighted by molar-refractivity contribution is 0.242. The first-order valence-electron chi connectivity index (χ1n) is 5.07. The zero-order valence-electron chi connectivity index (χ0n) is 9.33. The Labute approximate surface area is 104 Å². The summed E-state index contributed by atoms with van der Waals surface area (Å²) in [6.45, 7) is 3.83. The zero-order chi connectivity index (χ0) is 12.0. The van der Waals surface area contributed by atoms with Gasteiger partial charge in [0.2, 0.25) is 0 Å². The maximum absolute atomic E-state index is 11.2. The van der Waals surface area contributed by atoms with Crippen LogP contribution in [-0.2, 0) is 0 Å². The Morgan fingerprint density at radius 1 is 1.38 bits per heavy atom. The highest BCUT2D eigenvalue weighted by Crippen LogP contribution is 2.16. The number of amides is 2. The molecule has 1 aromatic carbocycles. The van der Waals surface area contributed by atoms with Crippen LogP contribution in [0.15, 0.2) is 34.9 Å². The third-order valence-corrected chi connectivity index (χ3v) is 2.52. The van der Waals surface area contributed by atoms with E-state index in [0.29, 0.717) is 0 Å². The smallest absolute Gasteiger partial charge is 0.318 e. The van der Waals surface area contributed by atoms with Crippen molar-refractivity contribution < 1.29 is 4.79 Å². The molecule has 0 bridgehead atoms. The van der Waals surface area contributed by atoms with E-state index in [1.54, 1.807) is 6.20 Å². The predicted octanol–water partition coefficient (Wildman–Crippen LogP) is 3.13. The average Bonchev–Trinajstić information content (AvgIpc) is 2.19. The molecule has 0 spiro atoms. The number of hydrogen-bond acceptors (Lipinski definition) is 1. The maximum Gasteiger partial charge on any atom is 0.318 e. The quantitative estimate of drug-likeness (QED) is 0.879. The van der Waals surface area contributed by atoms with Gasteiger partial charge in [-0.15, -0.1) is 0 Å². The molecule has 0 aliphatic carbocycles. The van der Waals surface area contributed by atoms with Gasteiger partial charge in [-0.3, -0.25) is 0 Å².